The van der Waals surface area contributed by atoms with Crippen molar-refractivity contribution in [3.63, 3.8) is 0 Å². The number of aromatic nitrogens is 3. The summed E-state index contributed by atoms with van der Waals surface area (Å²) in [5, 5.41) is 7.42. The van der Waals surface area contributed by atoms with Crippen LogP contribution in [0.3, 0.4) is 0 Å². The second-order valence-corrected chi connectivity index (χ2v) is 6.61. The lowest BCUT2D eigenvalue weighted by Gasteiger charge is -2.28. The summed E-state index contributed by atoms with van der Waals surface area (Å²) in [7, 11) is 0. The maximum Gasteiger partial charge on any atom is 0.338 e. The summed E-state index contributed by atoms with van der Waals surface area (Å²) >= 11 is 0. The van der Waals surface area contributed by atoms with Crippen molar-refractivity contribution in [3.8, 4) is 5.75 Å². The number of carbonyl (C=O) groups excluding carboxylic acids is 1. The van der Waals surface area contributed by atoms with Crippen LogP contribution in [0, 0.1) is 0 Å². The molecular weight excluding hydrogens is 356 g/mol. The van der Waals surface area contributed by atoms with Gasteiger partial charge in [-0.05, 0) is 31.0 Å². The quantitative estimate of drug-likeness (QED) is 0.403. The molecule has 0 aliphatic carbocycles. The van der Waals surface area contributed by atoms with Gasteiger partial charge < -0.3 is 14.8 Å². The standard InChI is InChI=1S/C21H26N4O3/c1-4-6-7-13-27-17-10-8-16(9-11-17)19-18(20(26)28-12-5-2)15(3)24-21-22-14-23-25(19)21/h5,8-11,14,19H,2,4,6-7,12-13H2,1,3H3,(H,22,23,24). The number of rotatable bonds is 9. The van der Waals surface area contributed by atoms with E-state index in [4.69, 9.17) is 9.47 Å². The Morgan fingerprint density at radius 3 is 2.82 bits per heavy atom. The molecular formula is C21H26N4O3. The molecule has 0 spiro atoms. The Kier molecular flexibility index (Phi) is 6.47. The largest absolute Gasteiger partial charge is 0.494 e. The first-order valence-electron chi connectivity index (χ1n) is 9.53. The SMILES string of the molecule is C=CCOC(=O)C1=C(C)Nc2ncnn2C1c1ccc(OCCCCC)cc1. The summed E-state index contributed by atoms with van der Waals surface area (Å²) in [5.41, 5.74) is 2.09. The van der Waals surface area contributed by atoms with Crippen LogP contribution in [0.25, 0.3) is 0 Å². The monoisotopic (exact) mass is 382 g/mol. The van der Waals surface area contributed by atoms with E-state index in [1.54, 1.807) is 10.8 Å². The number of carbonyl (C=O) groups is 1. The van der Waals surface area contributed by atoms with Crippen molar-refractivity contribution in [3.05, 3.63) is 60.1 Å². The van der Waals surface area contributed by atoms with E-state index in [1.165, 1.54) is 6.33 Å². The molecule has 0 bridgehead atoms. The first-order valence-corrected chi connectivity index (χ1v) is 9.53. The van der Waals surface area contributed by atoms with E-state index >= 15 is 0 Å². The zero-order chi connectivity index (χ0) is 19.9. The Labute approximate surface area is 165 Å². The number of unbranched alkanes of at least 4 members (excludes halogenated alkanes) is 2. The van der Waals surface area contributed by atoms with E-state index in [2.05, 4.69) is 28.9 Å². The normalized spacial score (nSPS) is 15.6. The molecule has 7 nitrogen and oxygen atoms in total. The van der Waals surface area contributed by atoms with Gasteiger partial charge in [0.1, 0.15) is 24.7 Å². The highest BCUT2D eigenvalue weighted by molar-refractivity contribution is 5.92. The third-order valence-electron chi connectivity index (χ3n) is 4.56. The van der Waals surface area contributed by atoms with Gasteiger partial charge in [0.2, 0.25) is 5.95 Å². The van der Waals surface area contributed by atoms with Crippen molar-refractivity contribution in [1.29, 1.82) is 0 Å². The van der Waals surface area contributed by atoms with E-state index in [0.717, 1.165) is 30.6 Å². The molecule has 2 heterocycles. The van der Waals surface area contributed by atoms with Gasteiger partial charge in [-0.1, -0.05) is 44.6 Å². The molecule has 1 unspecified atom stereocenters. The highest BCUT2D eigenvalue weighted by Gasteiger charge is 2.34. The molecule has 1 N–H and O–H groups in total. The van der Waals surface area contributed by atoms with E-state index < -0.39 is 12.0 Å². The van der Waals surface area contributed by atoms with E-state index in [1.807, 2.05) is 31.2 Å². The van der Waals surface area contributed by atoms with Crippen LogP contribution >= 0.6 is 0 Å². The fourth-order valence-corrected chi connectivity index (χ4v) is 3.16. The lowest BCUT2D eigenvalue weighted by Crippen LogP contribution is -2.29. The number of benzene rings is 1. The minimum Gasteiger partial charge on any atom is -0.494 e. The van der Waals surface area contributed by atoms with Crippen molar-refractivity contribution >= 4 is 11.9 Å². The summed E-state index contributed by atoms with van der Waals surface area (Å²) in [6, 6.07) is 7.31. The second-order valence-electron chi connectivity index (χ2n) is 6.61. The maximum atomic E-state index is 12.7. The van der Waals surface area contributed by atoms with Gasteiger partial charge in [-0.3, -0.25) is 0 Å². The molecule has 0 radical (unpaired) electrons. The minimum atomic E-state index is -0.426. The highest BCUT2D eigenvalue weighted by Crippen LogP contribution is 2.35. The van der Waals surface area contributed by atoms with Gasteiger partial charge in [0.05, 0.1) is 12.2 Å². The average Bonchev–Trinajstić information content (AvgIpc) is 3.17. The number of anilines is 1. The predicted octanol–water partition coefficient (Wildman–Crippen LogP) is 3.87. The Bertz CT molecular complexity index is 855. The summed E-state index contributed by atoms with van der Waals surface area (Å²) in [5.74, 6) is 0.989. The topological polar surface area (TPSA) is 78.3 Å². The fraction of sp³-hybridized carbons (Fsp3) is 0.381. The lowest BCUT2D eigenvalue weighted by molar-refractivity contribution is -0.138. The van der Waals surface area contributed by atoms with Gasteiger partial charge in [0.25, 0.3) is 0 Å². The molecule has 0 amide bonds. The Hall–Kier alpha value is -3.09. The van der Waals surface area contributed by atoms with Gasteiger partial charge in [0.15, 0.2) is 0 Å². The minimum absolute atomic E-state index is 0.150. The van der Waals surface area contributed by atoms with Gasteiger partial charge in [-0.15, -0.1) is 0 Å². The average molecular weight is 382 g/mol. The zero-order valence-electron chi connectivity index (χ0n) is 16.4. The Balaban J connectivity index is 1.86. The summed E-state index contributed by atoms with van der Waals surface area (Å²) in [4.78, 5) is 16.9. The maximum absolute atomic E-state index is 12.7. The van der Waals surface area contributed by atoms with Crippen LogP contribution in [0.2, 0.25) is 0 Å². The van der Waals surface area contributed by atoms with Crippen molar-refractivity contribution in [2.75, 3.05) is 18.5 Å². The number of esters is 1. The highest BCUT2D eigenvalue weighted by atomic mass is 16.5. The number of nitrogens with zero attached hydrogens (tertiary/aromatic N) is 3. The molecule has 3 rings (SSSR count). The van der Waals surface area contributed by atoms with Gasteiger partial charge in [-0.25, -0.2) is 9.48 Å². The number of allylic oxidation sites excluding steroid dienone is 1. The zero-order valence-corrected chi connectivity index (χ0v) is 16.4. The second kappa shape index (κ2) is 9.21. The number of hydrogen-bond donors (Lipinski definition) is 1. The van der Waals surface area contributed by atoms with Crippen LogP contribution in [0.4, 0.5) is 5.95 Å². The molecule has 7 heteroatoms. The van der Waals surface area contributed by atoms with E-state index in [-0.39, 0.29) is 6.61 Å². The molecule has 1 aliphatic heterocycles. The number of ether oxygens (including phenoxy) is 2. The van der Waals surface area contributed by atoms with Crippen LogP contribution in [0.1, 0.15) is 44.7 Å². The molecule has 2 aromatic rings. The first-order chi connectivity index (χ1) is 13.7. The molecule has 1 aromatic heterocycles. The summed E-state index contributed by atoms with van der Waals surface area (Å²) in [6.07, 6.45) is 6.36. The smallest absolute Gasteiger partial charge is 0.338 e. The van der Waals surface area contributed by atoms with Crippen LogP contribution in [0.5, 0.6) is 5.75 Å². The van der Waals surface area contributed by atoms with Crippen LogP contribution in [-0.2, 0) is 9.53 Å². The lowest BCUT2D eigenvalue weighted by atomic mass is 9.96. The van der Waals surface area contributed by atoms with Crippen molar-refractivity contribution in [1.82, 2.24) is 14.8 Å². The number of fused-ring (bicyclic) bond motifs is 1. The van der Waals surface area contributed by atoms with E-state index in [0.29, 0.717) is 23.8 Å². The molecule has 0 saturated heterocycles. The van der Waals surface area contributed by atoms with Crippen molar-refractivity contribution < 1.29 is 14.3 Å². The predicted molar refractivity (Wildman–Crippen MR) is 107 cm³/mol. The number of hydrogen-bond acceptors (Lipinski definition) is 6. The molecule has 28 heavy (non-hydrogen) atoms. The first kappa shape index (κ1) is 19.7. The Morgan fingerprint density at radius 1 is 1.32 bits per heavy atom. The molecule has 1 aromatic carbocycles. The van der Waals surface area contributed by atoms with Crippen LogP contribution in [-0.4, -0.2) is 33.9 Å². The van der Waals surface area contributed by atoms with E-state index in [9.17, 15) is 4.79 Å². The van der Waals surface area contributed by atoms with Gasteiger partial charge in [-0.2, -0.15) is 10.1 Å². The third-order valence-corrected chi connectivity index (χ3v) is 4.56. The molecule has 0 saturated carbocycles. The molecule has 1 aliphatic rings. The summed E-state index contributed by atoms with van der Waals surface area (Å²) < 4.78 is 12.8. The van der Waals surface area contributed by atoms with Crippen LogP contribution in [0.15, 0.2) is 54.5 Å². The molecule has 1 atom stereocenters. The van der Waals surface area contributed by atoms with Gasteiger partial charge in [0, 0.05) is 5.70 Å². The van der Waals surface area contributed by atoms with Crippen LogP contribution < -0.4 is 10.1 Å². The van der Waals surface area contributed by atoms with Gasteiger partial charge >= 0.3 is 5.97 Å². The van der Waals surface area contributed by atoms with Crippen molar-refractivity contribution in [2.45, 2.75) is 39.2 Å². The number of nitrogens with one attached hydrogen (secondary N) is 1. The molecule has 0 fully saturated rings. The fourth-order valence-electron chi connectivity index (χ4n) is 3.16. The molecule has 148 valence electrons. The summed E-state index contributed by atoms with van der Waals surface area (Å²) in [6.45, 7) is 8.45. The third kappa shape index (κ3) is 4.24. The Morgan fingerprint density at radius 2 is 2.11 bits per heavy atom. The van der Waals surface area contributed by atoms with Crippen molar-refractivity contribution in [2.24, 2.45) is 0 Å².